The zero-order valence-electron chi connectivity index (χ0n) is 12.8. The Hall–Kier alpha value is -0.810. The Labute approximate surface area is 132 Å². The maximum Gasteiger partial charge on any atom is 0.125 e. The summed E-state index contributed by atoms with van der Waals surface area (Å²) in [5.41, 5.74) is 0.780. The second kappa shape index (κ2) is 7.99. The highest BCUT2D eigenvalue weighted by molar-refractivity contribution is 6.30. The first-order chi connectivity index (χ1) is 10.1. The van der Waals surface area contributed by atoms with E-state index in [-0.39, 0.29) is 6.04 Å². The van der Waals surface area contributed by atoms with E-state index in [1.807, 2.05) is 12.1 Å². The van der Waals surface area contributed by atoms with Crippen molar-refractivity contribution in [3.05, 3.63) is 28.8 Å². The molecule has 118 valence electrons. The van der Waals surface area contributed by atoms with Crippen LogP contribution in [0.2, 0.25) is 5.02 Å². The molecule has 2 atom stereocenters. The van der Waals surface area contributed by atoms with Gasteiger partial charge in [-0.15, -0.1) is 0 Å². The van der Waals surface area contributed by atoms with Gasteiger partial charge in [-0.3, -0.25) is 4.90 Å². The molecule has 2 unspecified atom stereocenters. The first-order valence-corrected chi connectivity index (χ1v) is 8.06. The maximum absolute atomic E-state index is 10.7. The number of aliphatic hydroxyl groups is 1. The van der Waals surface area contributed by atoms with Crippen LogP contribution in [0.4, 0.5) is 0 Å². The third-order valence-electron chi connectivity index (χ3n) is 3.94. The Morgan fingerprint density at radius 3 is 2.76 bits per heavy atom. The highest BCUT2D eigenvalue weighted by atomic mass is 35.5. The van der Waals surface area contributed by atoms with Crippen molar-refractivity contribution in [1.82, 2.24) is 10.2 Å². The molecule has 1 saturated heterocycles. The molecule has 5 heteroatoms. The normalized spacial score (nSPS) is 19.2. The molecule has 0 amide bonds. The minimum atomic E-state index is -0.603. The summed E-state index contributed by atoms with van der Waals surface area (Å²) in [6.45, 7) is 8.59. The fourth-order valence-electron chi connectivity index (χ4n) is 2.64. The van der Waals surface area contributed by atoms with Crippen molar-refractivity contribution in [2.45, 2.75) is 32.4 Å². The predicted molar refractivity (Wildman–Crippen MR) is 86.1 cm³/mol. The summed E-state index contributed by atoms with van der Waals surface area (Å²) in [6.07, 6.45) is 0.333. The molecule has 1 aliphatic heterocycles. The van der Waals surface area contributed by atoms with Gasteiger partial charge >= 0.3 is 0 Å². The van der Waals surface area contributed by atoms with Crippen LogP contribution in [0.3, 0.4) is 0 Å². The lowest BCUT2D eigenvalue weighted by molar-refractivity contribution is 0.0490. The molecular formula is C16H25ClN2O2. The van der Waals surface area contributed by atoms with Gasteiger partial charge in [0.2, 0.25) is 0 Å². The molecule has 0 bridgehead atoms. The van der Waals surface area contributed by atoms with E-state index in [4.69, 9.17) is 16.3 Å². The SMILES string of the molecule is CCCOc1ccc(Cl)cc1C(O)C(C)N1CCNCC1. The summed E-state index contributed by atoms with van der Waals surface area (Å²) in [6, 6.07) is 5.50. The molecule has 0 aliphatic carbocycles. The molecule has 4 nitrogen and oxygen atoms in total. The van der Waals surface area contributed by atoms with Gasteiger partial charge in [0.1, 0.15) is 5.75 Å². The molecule has 0 spiro atoms. The van der Waals surface area contributed by atoms with Gasteiger partial charge in [-0.05, 0) is 31.5 Å². The monoisotopic (exact) mass is 312 g/mol. The summed E-state index contributed by atoms with van der Waals surface area (Å²) in [5, 5.41) is 14.7. The quantitative estimate of drug-likeness (QED) is 0.847. The Morgan fingerprint density at radius 1 is 1.38 bits per heavy atom. The van der Waals surface area contributed by atoms with E-state index < -0.39 is 6.10 Å². The number of nitrogens with one attached hydrogen (secondary N) is 1. The minimum Gasteiger partial charge on any atom is -0.493 e. The van der Waals surface area contributed by atoms with Crippen molar-refractivity contribution in [3.63, 3.8) is 0 Å². The summed E-state index contributed by atoms with van der Waals surface area (Å²) in [7, 11) is 0. The number of rotatable bonds is 6. The molecule has 1 aromatic rings. The van der Waals surface area contributed by atoms with Crippen LogP contribution in [0.25, 0.3) is 0 Å². The first kappa shape index (κ1) is 16.6. The van der Waals surface area contributed by atoms with Gasteiger partial charge < -0.3 is 15.2 Å². The molecule has 1 fully saturated rings. The number of hydrogen-bond acceptors (Lipinski definition) is 4. The van der Waals surface area contributed by atoms with Crippen LogP contribution in [0.1, 0.15) is 31.9 Å². The van der Waals surface area contributed by atoms with Crippen LogP contribution in [0, 0.1) is 0 Å². The van der Waals surface area contributed by atoms with Gasteiger partial charge in [-0.1, -0.05) is 18.5 Å². The Kier molecular flexibility index (Phi) is 6.30. The minimum absolute atomic E-state index is 0.0366. The molecule has 2 N–H and O–H groups in total. The Bertz CT molecular complexity index is 450. The van der Waals surface area contributed by atoms with Crippen LogP contribution < -0.4 is 10.1 Å². The molecular weight excluding hydrogens is 288 g/mol. The average Bonchev–Trinajstić information content (AvgIpc) is 2.53. The predicted octanol–water partition coefficient (Wildman–Crippen LogP) is 2.46. The van der Waals surface area contributed by atoms with Gasteiger partial charge in [0.15, 0.2) is 0 Å². The first-order valence-electron chi connectivity index (χ1n) is 7.68. The summed E-state index contributed by atoms with van der Waals surface area (Å²) in [5.74, 6) is 0.732. The number of hydrogen-bond donors (Lipinski definition) is 2. The molecule has 1 aliphatic rings. The van der Waals surface area contributed by atoms with E-state index in [0.717, 1.165) is 43.9 Å². The maximum atomic E-state index is 10.7. The number of aliphatic hydroxyl groups excluding tert-OH is 1. The van der Waals surface area contributed by atoms with Crippen molar-refractivity contribution in [2.75, 3.05) is 32.8 Å². The van der Waals surface area contributed by atoms with Crippen molar-refractivity contribution >= 4 is 11.6 Å². The van der Waals surface area contributed by atoms with Gasteiger partial charge in [-0.2, -0.15) is 0 Å². The summed E-state index contributed by atoms with van der Waals surface area (Å²) < 4.78 is 5.75. The number of halogens is 1. The van der Waals surface area contributed by atoms with E-state index in [1.54, 1.807) is 6.07 Å². The molecule has 0 aromatic heterocycles. The topological polar surface area (TPSA) is 44.7 Å². The highest BCUT2D eigenvalue weighted by Crippen LogP contribution is 2.32. The van der Waals surface area contributed by atoms with Crippen LogP contribution >= 0.6 is 11.6 Å². The number of nitrogens with zero attached hydrogens (tertiary/aromatic N) is 1. The molecule has 1 aromatic carbocycles. The zero-order valence-corrected chi connectivity index (χ0v) is 13.6. The average molecular weight is 313 g/mol. The van der Waals surface area contributed by atoms with E-state index in [9.17, 15) is 5.11 Å². The lowest BCUT2D eigenvalue weighted by atomic mass is 10.0. The smallest absolute Gasteiger partial charge is 0.125 e. The third-order valence-corrected chi connectivity index (χ3v) is 4.17. The lowest BCUT2D eigenvalue weighted by Gasteiger charge is -2.35. The van der Waals surface area contributed by atoms with Crippen LogP contribution in [-0.4, -0.2) is 48.8 Å². The third kappa shape index (κ3) is 4.33. The summed E-state index contributed by atoms with van der Waals surface area (Å²) in [4.78, 5) is 2.30. The van der Waals surface area contributed by atoms with Crippen LogP contribution in [-0.2, 0) is 0 Å². The molecule has 0 radical (unpaired) electrons. The van der Waals surface area contributed by atoms with Crippen molar-refractivity contribution in [1.29, 1.82) is 0 Å². The number of benzene rings is 1. The van der Waals surface area contributed by atoms with Gasteiger partial charge in [-0.25, -0.2) is 0 Å². The largest absolute Gasteiger partial charge is 0.493 e. The van der Waals surface area contributed by atoms with Crippen molar-refractivity contribution in [3.8, 4) is 5.75 Å². The Balaban J connectivity index is 2.15. The standard InChI is InChI=1S/C16H25ClN2O2/c1-3-10-21-15-5-4-13(17)11-14(15)16(20)12(2)19-8-6-18-7-9-19/h4-5,11-12,16,18,20H,3,6-10H2,1-2H3. The molecule has 0 saturated carbocycles. The lowest BCUT2D eigenvalue weighted by Crippen LogP contribution is -2.49. The summed E-state index contributed by atoms with van der Waals surface area (Å²) >= 11 is 6.10. The van der Waals surface area contributed by atoms with E-state index in [0.29, 0.717) is 11.6 Å². The second-order valence-corrected chi connectivity index (χ2v) is 5.94. The molecule has 21 heavy (non-hydrogen) atoms. The van der Waals surface area contributed by atoms with E-state index in [1.165, 1.54) is 0 Å². The van der Waals surface area contributed by atoms with Gasteiger partial charge in [0.25, 0.3) is 0 Å². The van der Waals surface area contributed by atoms with E-state index >= 15 is 0 Å². The zero-order chi connectivity index (χ0) is 15.2. The number of ether oxygens (including phenoxy) is 1. The highest BCUT2D eigenvalue weighted by Gasteiger charge is 2.26. The fourth-order valence-corrected chi connectivity index (χ4v) is 2.82. The van der Waals surface area contributed by atoms with Gasteiger partial charge in [0.05, 0.1) is 12.7 Å². The van der Waals surface area contributed by atoms with Crippen molar-refractivity contribution < 1.29 is 9.84 Å². The van der Waals surface area contributed by atoms with Crippen molar-refractivity contribution in [2.24, 2.45) is 0 Å². The second-order valence-electron chi connectivity index (χ2n) is 5.50. The Morgan fingerprint density at radius 2 is 2.10 bits per heavy atom. The van der Waals surface area contributed by atoms with Crippen LogP contribution in [0.15, 0.2) is 18.2 Å². The fraction of sp³-hybridized carbons (Fsp3) is 0.625. The van der Waals surface area contributed by atoms with Crippen LogP contribution in [0.5, 0.6) is 5.75 Å². The number of piperazine rings is 1. The van der Waals surface area contributed by atoms with E-state index in [2.05, 4.69) is 24.1 Å². The van der Waals surface area contributed by atoms with Gasteiger partial charge in [0, 0.05) is 42.8 Å². The molecule has 1 heterocycles. The molecule has 2 rings (SSSR count).